The molecule has 0 fully saturated rings. The second-order valence-corrected chi connectivity index (χ2v) is 4.76. The predicted octanol–water partition coefficient (Wildman–Crippen LogP) is 3.08. The zero-order valence-corrected chi connectivity index (χ0v) is 10.6. The summed E-state index contributed by atoms with van der Waals surface area (Å²) in [6.45, 7) is 4.50. The molecule has 2 rings (SSSR count). The van der Waals surface area contributed by atoms with Crippen LogP contribution in [0.5, 0.6) is 5.75 Å². The number of aromatic hydroxyl groups is 1. The van der Waals surface area contributed by atoms with E-state index in [1.807, 2.05) is 49.0 Å². The standard InChI is InChI=1S/C15H17NO2/c1-11(2)15(18)13-7-8-16(10-13)9-12-3-5-14(17)6-4-12/h3-8,10-11,17H,9H2,1-2H3. The summed E-state index contributed by atoms with van der Waals surface area (Å²) in [5, 5.41) is 9.21. The van der Waals surface area contributed by atoms with Gasteiger partial charge in [0, 0.05) is 30.4 Å². The van der Waals surface area contributed by atoms with Crippen LogP contribution in [0.15, 0.2) is 42.7 Å². The minimum Gasteiger partial charge on any atom is -0.508 e. The van der Waals surface area contributed by atoms with Crippen molar-refractivity contribution in [1.82, 2.24) is 4.57 Å². The maximum atomic E-state index is 11.8. The van der Waals surface area contributed by atoms with E-state index in [9.17, 15) is 9.90 Å². The van der Waals surface area contributed by atoms with Crippen LogP contribution in [0.3, 0.4) is 0 Å². The van der Waals surface area contributed by atoms with Crippen molar-refractivity contribution in [2.45, 2.75) is 20.4 Å². The Balaban J connectivity index is 2.11. The first-order valence-corrected chi connectivity index (χ1v) is 6.04. The molecule has 0 saturated carbocycles. The van der Waals surface area contributed by atoms with E-state index >= 15 is 0 Å². The Hall–Kier alpha value is -2.03. The highest BCUT2D eigenvalue weighted by Crippen LogP contribution is 2.13. The number of phenols is 1. The fourth-order valence-corrected chi connectivity index (χ4v) is 1.83. The molecular formula is C15H17NO2. The van der Waals surface area contributed by atoms with Crippen LogP contribution in [0.1, 0.15) is 29.8 Å². The first-order chi connectivity index (χ1) is 8.56. The van der Waals surface area contributed by atoms with Gasteiger partial charge in [-0.3, -0.25) is 4.79 Å². The van der Waals surface area contributed by atoms with Gasteiger partial charge in [0.2, 0.25) is 0 Å². The molecule has 18 heavy (non-hydrogen) atoms. The fourth-order valence-electron chi connectivity index (χ4n) is 1.83. The third-order valence-electron chi connectivity index (χ3n) is 2.86. The lowest BCUT2D eigenvalue weighted by atomic mass is 10.0. The summed E-state index contributed by atoms with van der Waals surface area (Å²) in [7, 11) is 0. The third kappa shape index (κ3) is 2.80. The molecule has 3 heteroatoms. The van der Waals surface area contributed by atoms with Crippen molar-refractivity contribution in [3.05, 3.63) is 53.9 Å². The molecule has 1 heterocycles. The summed E-state index contributed by atoms with van der Waals surface area (Å²) < 4.78 is 1.97. The molecule has 0 saturated heterocycles. The quantitative estimate of drug-likeness (QED) is 0.838. The van der Waals surface area contributed by atoms with Crippen LogP contribution < -0.4 is 0 Å². The molecular weight excluding hydrogens is 226 g/mol. The van der Waals surface area contributed by atoms with E-state index in [2.05, 4.69) is 0 Å². The normalized spacial score (nSPS) is 10.8. The number of nitrogens with zero attached hydrogens (tertiary/aromatic N) is 1. The molecule has 2 aromatic rings. The van der Waals surface area contributed by atoms with E-state index < -0.39 is 0 Å². The van der Waals surface area contributed by atoms with Crippen molar-refractivity contribution in [2.24, 2.45) is 5.92 Å². The summed E-state index contributed by atoms with van der Waals surface area (Å²) in [6, 6.07) is 8.93. The van der Waals surface area contributed by atoms with Crippen LogP contribution in [0.25, 0.3) is 0 Å². The number of carbonyl (C=O) groups excluding carboxylic acids is 1. The van der Waals surface area contributed by atoms with E-state index in [0.717, 1.165) is 11.1 Å². The number of hydrogen-bond acceptors (Lipinski definition) is 2. The van der Waals surface area contributed by atoms with Gasteiger partial charge in [0.1, 0.15) is 5.75 Å². The van der Waals surface area contributed by atoms with Gasteiger partial charge in [0.25, 0.3) is 0 Å². The number of phenolic OH excluding ortho intramolecular Hbond substituents is 1. The van der Waals surface area contributed by atoms with Crippen molar-refractivity contribution in [2.75, 3.05) is 0 Å². The average Bonchev–Trinajstić information content (AvgIpc) is 2.79. The Morgan fingerprint density at radius 3 is 2.50 bits per heavy atom. The highest BCUT2D eigenvalue weighted by atomic mass is 16.3. The SMILES string of the molecule is CC(C)C(=O)c1ccn(Cc2ccc(O)cc2)c1. The Morgan fingerprint density at radius 1 is 1.22 bits per heavy atom. The fraction of sp³-hybridized carbons (Fsp3) is 0.267. The number of carbonyl (C=O) groups is 1. The highest BCUT2D eigenvalue weighted by Gasteiger charge is 2.11. The highest BCUT2D eigenvalue weighted by molar-refractivity contribution is 5.97. The van der Waals surface area contributed by atoms with Crippen LogP contribution in [0.4, 0.5) is 0 Å². The summed E-state index contributed by atoms with van der Waals surface area (Å²) in [5.41, 5.74) is 1.84. The van der Waals surface area contributed by atoms with E-state index in [4.69, 9.17) is 0 Å². The molecule has 94 valence electrons. The average molecular weight is 243 g/mol. The van der Waals surface area contributed by atoms with Gasteiger partial charge in [0.15, 0.2) is 5.78 Å². The van der Waals surface area contributed by atoms with Gasteiger partial charge in [-0.1, -0.05) is 26.0 Å². The van der Waals surface area contributed by atoms with E-state index in [-0.39, 0.29) is 17.5 Å². The van der Waals surface area contributed by atoms with Gasteiger partial charge in [-0.05, 0) is 23.8 Å². The third-order valence-corrected chi connectivity index (χ3v) is 2.86. The number of aromatic nitrogens is 1. The second kappa shape index (κ2) is 5.08. The van der Waals surface area contributed by atoms with Crippen LogP contribution in [-0.4, -0.2) is 15.5 Å². The minimum absolute atomic E-state index is 0.0227. The number of hydrogen-bond donors (Lipinski definition) is 1. The van der Waals surface area contributed by atoms with E-state index in [1.165, 1.54) is 0 Å². The molecule has 0 atom stereocenters. The largest absolute Gasteiger partial charge is 0.508 e. The van der Waals surface area contributed by atoms with Crippen LogP contribution in [-0.2, 0) is 6.54 Å². The molecule has 0 aliphatic heterocycles. The zero-order chi connectivity index (χ0) is 13.1. The van der Waals surface area contributed by atoms with Crippen LogP contribution in [0.2, 0.25) is 0 Å². The second-order valence-electron chi connectivity index (χ2n) is 4.76. The lowest BCUT2D eigenvalue weighted by Crippen LogP contribution is -2.06. The Bertz CT molecular complexity index is 538. The Labute approximate surface area is 107 Å². The van der Waals surface area contributed by atoms with Gasteiger partial charge in [-0.25, -0.2) is 0 Å². The number of benzene rings is 1. The monoisotopic (exact) mass is 243 g/mol. The van der Waals surface area contributed by atoms with Gasteiger partial charge in [-0.2, -0.15) is 0 Å². The van der Waals surface area contributed by atoms with Gasteiger partial charge in [0.05, 0.1) is 0 Å². The Kier molecular flexibility index (Phi) is 3.51. The van der Waals surface area contributed by atoms with Gasteiger partial charge < -0.3 is 9.67 Å². The predicted molar refractivity (Wildman–Crippen MR) is 70.8 cm³/mol. The van der Waals surface area contributed by atoms with Crippen molar-refractivity contribution < 1.29 is 9.90 Å². The summed E-state index contributed by atoms with van der Waals surface area (Å²) in [4.78, 5) is 11.8. The topological polar surface area (TPSA) is 42.2 Å². The summed E-state index contributed by atoms with van der Waals surface area (Å²) in [5.74, 6) is 0.455. The molecule has 0 aliphatic carbocycles. The van der Waals surface area contributed by atoms with Crippen LogP contribution >= 0.6 is 0 Å². The molecule has 1 aromatic carbocycles. The van der Waals surface area contributed by atoms with Crippen molar-refractivity contribution in [3.8, 4) is 5.75 Å². The molecule has 0 radical (unpaired) electrons. The molecule has 0 amide bonds. The lowest BCUT2D eigenvalue weighted by molar-refractivity contribution is 0.0939. The summed E-state index contributed by atoms with van der Waals surface area (Å²) >= 11 is 0. The number of Topliss-reactive ketones (excluding diaryl/α,β-unsaturated/α-hetero) is 1. The molecule has 3 nitrogen and oxygen atoms in total. The lowest BCUT2D eigenvalue weighted by Gasteiger charge is -2.04. The number of rotatable bonds is 4. The van der Waals surface area contributed by atoms with Crippen molar-refractivity contribution >= 4 is 5.78 Å². The maximum absolute atomic E-state index is 11.8. The van der Waals surface area contributed by atoms with Crippen LogP contribution in [0, 0.1) is 5.92 Å². The maximum Gasteiger partial charge on any atom is 0.166 e. The minimum atomic E-state index is 0.0227. The van der Waals surface area contributed by atoms with E-state index in [0.29, 0.717) is 6.54 Å². The smallest absolute Gasteiger partial charge is 0.166 e. The molecule has 0 unspecified atom stereocenters. The van der Waals surface area contributed by atoms with Gasteiger partial charge >= 0.3 is 0 Å². The van der Waals surface area contributed by atoms with Gasteiger partial charge in [-0.15, -0.1) is 0 Å². The van der Waals surface area contributed by atoms with E-state index in [1.54, 1.807) is 12.1 Å². The molecule has 0 bridgehead atoms. The number of ketones is 1. The molecule has 1 aromatic heterocycles. The Morgan fingerprint density at radius 2 is 1.89 bits per heavy atom. The first kappa shape index (κ1) is 12.4. The van der Waals surface area contributed by atoms with Crippen molar-refractivity contribution in [3.63, 3.8) is 0 Å². The molecule has 0 spiro atoms. The zero-order valence-electron chi connectivity index (χ0n) is 10.6. The molecule has 1 N–H and O–H groups in total. The first-order valence-electron chi connectivity index (χ1n) is 6.04. The van der Waals surface area contributed by atoms with Crippen molar-refractivity contribution in [1.29, 1.82) is 0 Å². The molecule has 0 aliphatic rings. The summed E-state index contributed by atoms with van der Waals surface area (Å²) in [6.07, 6.45) is 3.78.